The van der Waals surface area contributed by atoms with Gasteiger partial charge in [0, 0.05) is 18.8 Å². The number of aldehydes is 1. The van der Waals surface area contributed by atoms with Crippen LogP contribution in [0.2, 0.25) is 0 Å². The summed E-state index contributed by atoms with van der Waals surface area (Å²) in [5, 5.41) is 7.90. The normalized spacial score (nSPS) is 16.2. The molecule has 1 aromatic carbocycles. The molecule has 5 nitrogen and oxygen atoms in total. The standard InChI is InChI=1S/C16H20N4O/c1-12-7-9-19(10-8-12)14-3-5-15(6-4-14)20-13(2)16(11-21)17-18-20/h3-6,11-12H,7-10H2,1-2H3. The molecule has 0 radical (unpaired) electrons. The molecule has 2 aromatic rings. The van der Waals surface area contributed by atoms with E-state index in [0.29, 0.717) is 5.69 Å². The van der Waals surface area contributed by atoms with Crippen LogP contribution in [0.4, 0.5) is 5.69 Å². The summed E-state index contributed by atoms with van der Waals surface area (Å²) < 4.78 is 1.70. The molecule has 0 unspecified atom stereocenters. The second-order valence-corrected chi connectivity index (χ2v) is 5.78. The Bertz CT molecular complexity index is 624. The average molecular weight is 284 g/mol. The van der Waals surface area contributed by atoms with E-state index in [4.69, 9.17) is 0 Å². The van der Waals surface area contributed by atoms with E-state index in [1.807, 2.05) is 19.1 Å². The van der Waals surface area contributed by atoms with Crippen LogP contribution >= 0.6 is 0 Å². The third-order valence-corrected chi connectivity index (χ3v) is 4.28. The first kappa shape index (κ1) is 13.8. The molecule has 0 saturated carbocycles. The number of piperidine rings is 1. The predicted molar refractivity (Wildman–Crippen MR) is 82.1 cm³/mol. The molecule has 0 N–H and O–H groups in total. The predicted octanol–water partition coefficient (Wildman–Crippen LogP) is 2.62. The van der Waals surface area contributed by atoms with Crippen LogP contribution in [0.25, 0.3) is 5.69 Å². The Morgan fingerprint density at radius 1 is 1.14 bits per heavy atom. The molecule has 0 bridgehead atoms. The molecule has 1 fully saturated rings. The first-order chi connectivity index (χ1) is 10.2. The number of nitrogens with zero attached hydrogens (tertiary/aromatic N) is 4. The van der Waals surface area contributed by atoms with Crippen LogP contribution in [0.1, 0.15) is 35.9 Å². The monoisotopic (exact) mass is 284 g/mol. The number of rotatable bonds is 3. The summed E-state index contributed by atoms with van der Waals surface area (Å²) in [6, 6.07) is 8.30. The van der Waals surface area contributed by atoms with E-state index < -0.39 is 0 Å². The minimum Gasteiger partial charge on any atom is -0.372 e. The summed E-state index contributed by atoms with van der Waals surface area (Å²) in [5.41, 5.74) is 3.34. The van der Waals surface area contributed by atoms with Crippen molar-refractivity contribution in [1.29, 1.82) is 0 Å². The van der Waals surface area contributed by atoms with E-state index in [9.17, 15) is 4.79 Å². The van der Waals surface area contributed by atoms with E-state index in [0.717, 1.165) is 36.7 Å². The van der Waals surface area contributed by atoms with E-state index >= 15 is 0 Å². The van der Waals surface area contributed by atoms with Gasteiger partial charge in [-0.1, -0.05) is 12.1 Å². The number of hydrogen-bond donors (Lipinski definition) is 0. The highest BCUT2D eigenvalue weighted by Crippen LogP contribution is 2.24. The van der Waals surface area contributed by atoms with Crippen molar-refractivity contribution < 1.29 is 4.79 Å². The summed E-state index contributed by atoms with van der Waals surface area (Å²) in [6.07, 6.45) is 3.25. The second-order valence-electron chi connectivity index (χ2n) is 5.78. The number of carbonyl (C=O) groups is 1. The van der Waals surface area contributed by atoms with Crippen molar-refractivity contribution in [1.82, 2.24) is 15.0 Å². The van der Waals surface area contributed by atoms with Gasteiger partial charge in [0.2, 0.25) is 0 Å². The van der Waals surface area contributed by atoms with Gasteiger partial charge < -0.3 is 4.90 Å². The van der Waals surface area contributed by atoms with Crippen LogP contribution in [-0.2, 0) is 0 Å². The molecule has 1 aliphatic rings. The number of aromatic nitrogens is 3. The highest BCUT2D eigenvalue weighted by molar-refractivity contribution is 5.73. The fourth-order valence-electron chi connectivity index (χ4n) is 2.77. The van der Waals surface area contributed by atoms with Crippen molar-refractivity contribution in [3.8, 4) is 5.69 Å². The highest BCUT2D eigenvalue weighted by atomic mass is 16.1. The smallest absolute Gasteiger partial charge is 0.172 e. The van der Waals surface area contributed by atoms with Gasteiger partial charge in [-0.2, -0.15) is 0 Å². The van der Waals surface area contributed by atoms with Gasteiger partial charge in [-0.15, -0.1) is 5.10 Å². The van der Waals surface area contributed by atoms with E-state index in [2.05, 4.69) is 34.3 Å². The lowest BCUT2D eigenvalue weighted by atomic mass is 9.99. The zero-order chi connectivity index (χ0) is 14.8. The molecule has 21 heavy (non-hydrogen) atoms. The summed E-state index contributed by atoms with van der Waals surface area (Å²) >= 11 is 0. The number of carbonyl (C=O) groups excluding carboxylic acids is 1. The zero-order valence-electron chi connectivity index (χ0n) is 12.5. The molecule has 5 heteroatoms. The van der Waals surface area contributed by atoms with E-state index in [1.54, 1.807) is 4.68 Å². The highest BCUT2D eigenvalue weighted by Gasteiger charge is 2.16. The molecular weight excluding hydrogens is 264 g/mol. The van der Waals surface area contributed by atoms with Gasteiger partial charge in [-0.3, -0.25) is 4.79 Å². The lowest BCUT2D eigenvalue weighted by Gasteiger charge is -2.32. The molecule has 1 aliphatic heterocycles. The molecule has 0 amide bonds. The first-order valence-electron chi connectivity index (χ1n) is 7.42. The van der Waals surface area contributed by atoms with Crippen molar-refractivity contribution in [2.24, 2.45) is 5.92 Å². The summed E-state index contributed by atoms with van der Waals surface area (Å²) in [4.78, 5) is 13.3. The molecule has 1 saturated heterocycles. The molecule has 0 spiro atoms. The molecule has 0 atom stereocenters. The van der Waals surface area contributed by atoms with Gasteiger partial charge in [-0.05, 0) is 49.9 Å². The van der Waals surface area contributed by atoms with E-state index in [1.165, 1.54) is 18.5 Å². The van der Waals surface area contributed by atoms with E-state index in [-0.39, 0.29) is 0 Å². The zero-order valence-corrected chi connectivity index (χ0v) is 12.5. The van der Waals surface area contributed by atoms with Crippen molar-refractivity contribution in [2.45, 2.75) is 26.7 Å². The van der Waals surface area contributed by atoms with Crippen molar-refractivity contribution in [2.75, 3.05) is 18.0 Å². The van der Waals surface area contributed by atoms with Gasteiger partial charge in [0.1, 0.15) is 5.69 Å². The summed E-state index contributed by atoms with van der Waals surface area (Å²) in [7, 11) is 0. The van der Waals surface area contributed by atoms with Crippen LogP contribution < -0.4 is 4.90 Å². The third-order valence-electron chi connectivity index (χ3n) is 4.28. The Morgan fingerprint density at radius 2 is 1.76 bits per heavy atom. The van der Waals surface area contributed by atoms with Crippen molar-refractivity contribution in [3.63, 3.8) is 0 Å². The molecular formula is C16H20N4O. The summed E-state index contributed by atoms with van der Waals surface area (Å²) in [6.45, 7) is 6.42. The van der Waals surface area contributed by atoms with Gasteiger partial charge in [0.25, 0.3) is 0 Å². The number of hydrogen-bond acceptors (Lipinski definition) is 4. The maximum atomic E-state index is 10.8. The van der Waals surface area contributed by atoms with Crippen molar-refractivity contribution in [3.05, 3.63) is 35.7 Å². The van der Waals surface area contributed by atoms with Gasteiger partial charge >= 0.3 is 0 Å². The largest absolute Gasteiger partial charge is 0.372 e. The van der Waals surface area contributed by atoms with Crippen LogP contribution in [0.15, 0.2) is 24.3 Å². The quantitative estimate of drug-likeness (QED) is 0.813. The molecule has 0 aliphatic carbocycles. The lowest BCUT2D eigenvalue weighted by molar-refractivity contribution is 0.111. The molecule has 3 rings (SSSR count). The SMILES string of the molecule is Cc1c(C=O)nnn1-c1ccc(N2CCC(C)CC2)cc1. The number of anilines is 1. The maximum Gasteiger partial charge on any atom is 0.172 e. The second kappa shape index (κ2) is 5.68. The van der Waals surface area contributed by atoms with Crippen molar-refractivity contribution >= 4 is 12.0 Å². The topological polar surface area (TPSA) is 51.0 Å². The van der Waals surface area contributed by atoms with Crippen LogP contribution in [0, 0.1) is 12.8 Å². The van der Waals surface area contributed by atoms with Gasteiger partial charge in [0.15, 0.2) is 6.29 Å². The Balaban J connectivity index is 1.80. The van der Waals surface area contributed by atoms with Crippen LogP contribution in [0.3, 0.4) is 0 Å². The summed E-state index contributed by atoms with van der Waals surface area (Å²) in [5.74, 6) is 0.833. The third kappa shape index (κ3) is 2.68. The minimum absolute atomic E-state index is 0.393. The van der Waals surface area contributed by atoms with Crippen LogP contribution in [-0.4, -0.2) is 34.4 Å². The molecule has 110 valence electrons. The fourth-order valence-corrected chi connectivity index (χ4v) is 2.77. The fraction of sp³-hybridized carbons (Fsp3) is 0.438. The average Bonchev–Trinajstić information content (AvgIpc) is 2.89. The Morgan fingerprint density at radius 3 is 2.33 bits per heavy atom. The Labute approximate surface area is 124 Å². The first-order valence-corrected chi connectivity index (χ1v) is 7.42. The van der Waals surface area contributed by atoms with Gasteiger partial charge in [-0.25, -0.2) is 4.68 Å². The maximum absolute atomic E-state index is 10.8. The Kier molecular flexibility index (Phi) is 3.73. The number of benzene rings is 1. The molecule has 1 aromatic heterocycles. The lowest BCUT2D eigenvalue weighted by Crippen LogP contribution is -2.32. The van der Waals surface area contributed by atoms with Crippen LogP contribution in [0.5, 0.6) is 0 Å². The molecule has 2 heterocycles. The Hall–Kier alpha value is -2.17. The minimum atomic E-state index is 0.393. The van der Waals surface area contributed by atoms with Gasteiger partial charge in [0.05, 0.1) is 11.4 Å².